The van der Waals surface area contributed by atoms with Crippen molar-refractivity contribution in [3.05, 3.63) is 23.8 Å². The summed E-state index contributed by atoms with van der Waals surface area (Å²) < 4.78 is 34.1. The summed E-state index contributed by atoms with van der Waals surface area (Å²) in [6, 6.07) is 3.78. The van der Waals surface area contributed by atoms with E-state index in [1.807, 2.05) is 6.92 Å². The molecule has 1 N–H and O–H groups in total. The summed E-state index contributed by atoms with van der Waals surface area (Å²) in [7, 11) is -2.24. The zero-order valence-corrected chi connectivity index (χ0v) is 12.3. The van der Waals surface area contributed by atoms with E-state index < -0.39 is 15.8 Å². The predicted octanol–water partition coefficient (Wildman–Crippen LogP) is 1.59. The number of sulfone groups is 1. The van der Waals surface area contributed by atoms with Gasteiger partial charge in [0.25, 0.3) is 0 Å². The van der Waals surface area contributed by atoms with Gasteiger partial charge in [-0.2, -0.15) is 0 Å². The molecule has 20 heavy (non-hydrogen) atoms. The zero-order valence-electron chi connectivity index (χ0n) is 11.5. The standard InChI is InChI=1S/C13H18O6S/c1-3-6-19-7-8-20(16,17)10-4-5-12(18-2)11(9-10)13(14)15/h4-5,9H,3,6-8H2,1-2H3,(H,14,15). The molecule has 0 heterocycles. The Kier molecular flexibility index (Phi) is 5.97. The Balaban J connectivity index is 2.95. The highest BCUT2D eigenvalue weighted by molar-refractivity contribution is 7.91. The van der Waals surface area contributed by atoms with Crippen molar-refractivity contribution in [2.24, 2.45) is 0 Å². The van der Waals surface area contributed by atoms with Gasteiger partial charge in [-0.05, 0) is 24.6 Å². The van der Waals surface area contributed by atoms with Crippen LogP contribution in [0.25, 0.3) is 0 Å². The van der Waals surface area contributed by atoms with Crippen LogP contribution >= 0.6 is 0 Å². The molecule has 112 valence electrons. The lowest BCUT2D eigenvalue weighted by Gasteiger charge is -2.09. The second-order valence-electron chi connectivity index (χ2n) is 4.10. The van der Waals surface area contributed by atoms with Gasteiger partial charge in [0, 0.05) is 6.61 Å². The third kappa shape index (κ3) is 4.21. The molecule has 0 aliphatic carbocycles. The van der Waals surface area contributed by atoms with Gasteiger partial charge in [-0.3, -0.25) is 0 Å². The maximum atomic E-state index is 12.1. The molecule has 0 fully saturated rings. The number of aromatic carboxylic acids is 1. The van der Waals surface area contributed by atoms with Crippen LogP contribution in [0.3, 0.4) is 0 Å². The summed E-state index contributed by atoms with van der Waals surface area (Å²) in [6.45, 7) is 2.51. The van der Waals surface area contributed by atoms with Crippen molar-refractivity contribution in [2.45, 2.75) is 18.2 Å². The van der Waals surface area contributed by atoms with Gasteiger partial charge in [0.15, 0.2) is 9.84 Å². The first kappa shape index (κ1) is 16.5. The molecule has 0 radical (unpaired) electrons. The highest BCUT2D eigenvalue weighted by Crippen LogP contribution is 2.23. The van der Waals surface area contributed by atoms with Crippen LogP contribution in [0.5, 0.6) is 5.75 Å². The SMILES string of the molecule is CCCOCCS(=O)(=O)c1ccc(OC)c(C(=O)O)c1. The molecule has 1 rings (SSSR count). The van der Waals surface area contributed by atoms with Crippen LogP contribution in [0.2, 0.25) is 0 Å². The van der Waals surface area contributed by atoms with E-state index in [1.54, 1.807) is 0 Å². The molecule has 0 aliphatic heterocycles. The lowest BCUT2D eigenvalue weighted by molar-refractivity contribution is 0.0693. The van der Waals surface area contributed by atoms with Crippen LogP contribution in [0.1, 0.15) is 23.7 Å². The van der Waals surface area contributed by atoms with Crippen molar-refractivity contribution in [1.82, 2.24) is 0 Å². The zero-order chi connectivity index (χ0) is 15.2. The maximum absolute atomic E-state index is 12.1. The number of benzene rings is 1. The Hall–Kier alpha value is -1.60. The average molecular weight is 302 g/mol. The summed E-state index contributed by atoms with van der Waals surface area (Å²) >= 11 is 0. The number of rotatable bonds is 8. The molecule has 0 bridgehead atoms. The molecule has 0 aliphatic rings. The smallest absolute Gasteiger partial charge is 0.339 e. The quantitative estimate of drug-likeness (QED) is 0.733. The Bertz CT molecular complexity index is 564. The van der Waals surface area contributed by atoms with Crippen LogP contribution in [0.4, 0.5) is 0 Å². The number of carboxylic acids is 1. The summed E-state index contributed by atoms with van der Waals surface area (Å²) in [5.74, 6) is -1.29. The van der Waals surface area contributed by atoms with E-state index in [9.17, 15) is 13.2 Å². The van der Waals surface area contributed by atoms with Gasteiger partial charge in [0.1, 0.15) is 11.3 Å². The van der Waals surface area contributed by atoms with Gasteiger partial charge in [-0.25, -0.2) is 13.2 Å². The van der Waals surface area contributed by atoms with E-state index in [2.05, 4.69) is 0 Å². The molecule has 0 aromatic heterocycles. The van der Waals surface area contributed by atoms with Crippen LogP contribution in [0, 0.1) is 0 Å². The maximum Gasteiger partial charge on any atom is 0.339 e. The fourth-order valence-corrected chi connectivity index (χ4v) is 2.73. The third-order valence-corrected chi connectivity index (χ3v) is 4.28. The first-order valence-electron chi connectivity index (χ1n) is 6.14. The molecule has 6 nitrogen and oxygen atoms in total. The summed E-state index contributed by atoms with van der Waals surface area (Å²) in [5, 5.41) is 9.03. The molecular formula is C13H18O6S. The minimum Gasteiger partial charge on any atom is -0.496 e. The third-order valence-electron chi connectivity index (χ3n) is 2.61. The molecule has 0 spiro atoms. The molecule has 1 aromatic rings. The molecule has 0 saturated heterocycles. The predicted molar refractivity (Wildman–Crippen MR) is 73.1 cm³/mol. The Labute approximate surface area is 118 Å². The second-order valence-corrected chi connectivity index (χ2v) is 6.21. The van der Waals surface area contributed by atoms with Crippen molar-refractivity contribution in [1.29, 1.82) is 0 Å². The number of carbonyl (C=O) groups is 1. The fourth-order valence-electron chi connectivity index (χ4n) is 1.58. The van der Waals surface area contributed by atoms with E-state index in [-0.39, 0.29) is 28.6 Å². The summed E-state index contributed by atoms with van der Waals surface area (Å²) in [4.78, 5) is 11.0. The number of carboxylic acid groups (broad SMARTS) is 1. The number of ether oxygens (including phenoxy) is 2. The van der Waals surface area contributed by atoms with Crippen molar-refractivity contribution >= 4 is 15.8 Å². The molecule has 0 saturated carbocycles. The minimum atomic E-state index is -3.57. The van der Waals surface area contributed by atoms with Gasteiger partial charge in [-0.15, -0.1) is 0 Å². The Morgan fingerprint density at radius 1 is 1.30 bits per heavy atom. The molecule has 0 atom stereocenters. The van der Waals surface area contributed by atoms with E-state index >= 15 is 0 Å². The molecule has 0 amide bonds. The minimum absolute atomic E-state index is 0.0456. The van der Waals surface area contributed by atoms with Crippen molar-refractivity contribution in [3.8, 4) is 5.75 Å². The van der Waals surface area contributed by atoms with Crippen LogP contribution in [-0.4, -0.2) is 45.6 Å². The highest BCUT2D eigenvalue weighted by Gasteiger charge is 2.19. The first-order valence-corrected chi connectivity index (χ1v) is 7.79. The van der Waals surface area contributed by atoms with E-state index in [0.717, 1.165) is 12.5 Å². The van der Waals surface area contributed by atoms with Gasteiger partial charge in [-0.1, -0.05) is 6.92 Å². The largest absolute Gasteiger partial charge is 0.496 e. The van der Waals surface area contributed by atoms with Crippen molar-refractivity contribution in [3.63, 3.8) is 0 Å². The van der Waals surface area contributed by atoms with Crippen molar-refractivity contribution < 1.29 is 27.8 Å². The van der Waals surface area contributed by atoms with Gasteiger partial charge in [0.05, 0.1) is 24.4 Å². The second kappa shape index (κ2) is 7.25. The molecule has 7 heteroatoms. The highest BCUT2D eigenvalue weighted by atomic mass is 32.2. The average Bonchev–Trinajstić information content (AvgIpc) is 2.42. The fraction of sp³-hybridized carbons (Fsp3) is 0.462. The summed E-state index contributed by atoms with van der Waals surface area (Å²) in [6.07, 6.45) is 0.811. The lowest BCUT2D eigenvalue weighted by atomic mass is 10.2. The molecular weight excluding hydrogens is 284 g/mol. The van der Waals surface area contributed by atoms with Gasteiger partial charge < -0.3 is 14.6 Å². The van der Waals surface area contributed by atoms with Crippen LogP contribution < -0.4 is 4.74 Å². The number of hydrogen-bond donors (Lipinski definition) is 1. The van der Waals surface area contributed by atoms with E-state index in [1.165, 1.54) is 19.2 Å². The van der Waals surface area contributed by atoms with E-state index in [0.29, 0.717) is 6.61 Å². The normalized spacial score (nSPS) is 11.3. The van der Waals surface area contributed by atoms with Gasteiger partial charge >= 0.3 is 5.97 Å². The number of methoxy groups -OCH3 is 1. The first-order chi connectivity index (χ1) is 9.42. The Morgan fingerprint density at radius 2 is 2.00 bits per heavy atom. The number of hydrogen-bond acceptors (Lipinski definition) is 5. The topological polar surface area (TPSA) is 89.9 Å². The molecule has 1 aromatic carbocycles. The Morgan fingerprint density at radius 3 is 2.55 bits per heavy atom. The van der Waals surface area contributed by atoms with Crippen LogP contribution in [0.15, 0.2) is 23.1 Å². The van der Waals surface area contributed by atoms with Crippen LogP contribution in [-0.2, 0) is 14.6 Å². The van der Waals surface area contributed by atoms with E-state index in [4.69, 9.17) is 14.6 Å². The monoisotopic (exact) mass is 302 g/mol. The molecule has 0 unspecified atom stereocenters. The van der Waals surface area contributed by atoms with Gasteiger partial charge in [0.2, 0.25) is 0 Å². The van der Waals surface area contributed by atoms with Crippen molar-refractivity contribution in [2.75, 3.05) is 26.1 Å². The lowest BCUT2D eigenvalue weighted by Crippen LogP contribution is -2.14. The summed E-state index contributed by atoms with van der Waals surface area (Å²) in [5.41, 5.74) is -0.178.